The van der Waals surface area contributed by atoms with Crippen molar-refractivity contribution in [1.29, 1.82) is 0 Å². The van der Waals surface area contributed by atoms with Crippen molar-refractivity contribution in [2.45, 2.75) is 6.92 Å². The van der Waals surface area contributed by atoms with Gasteiger partial charge in [-0.25, -0.2) is 5.06 Å². The van der Waals surface area contributed by atoms with Crippen molar-refractivity contribution in [3.05, 3.63) is 11.9 Å². The van der Waals surface area contributed by atoms with Crippen LogP contribution in [-0.4, -0.2) is 40.0 Å². The number of rotatable bonds is 3. The lowest BCUT2D eigenvalue weighted by Crippen LogP contribution is -2.27. The first-order chi connectivity index (χ1) is 5.75. The van der Waals surface area contributed by atoms with E-state index in [0.717, 1.165) is 5.06 Å². The van der Waals surface area contributed by atoms with Gasteiger partial charge in [0.25, 0.3) is 5.91 Å². The minimum absolute atomic E-state index is 0.242. The topological polar surface area (TPSA) is 71.1 Å². The summed E-state index contributed by atoms with van der Waals surface area (Å²) in [6.07, 6.45) is 1.35. The number of nitrogens with one attached hydrogen (secondary N) is 1. The summed E-state index contributed by atoms with van der Waals surface area (Å²) in [5.41, 5.74) is 0.242. The maximum Gasteiger partial charge on any atom is 0.299 e. The first-order valence-corrected chi connectivity index (χ1v) is 3.52. The second-order valence-corrected chi connectivity index (χ2v) is 2.08. The summed E-state index contributed by atoms with van der Waals surface area (Å²) in [5.74, 6) is -0.314. The first kappa shape index (κ1) is 8.66. The molecule has 1 N–H and O–H groups in total. The molecule has 0 atom stereocenters. The SMILES string of the molecule is CCON(C)C(=O)c1cn[nH]n1. The maximum atomic E-state index is 11.3. The van der Waals surface area contributed by atoms with Gasteiger partial charge in [-0.15, -0.1) is 0 Å². The predicted molar refractivity (Wildman–Crippen MR) is 40.1 cm³/mol. The van der Waals surface area contributed by atoms with Gasteiger partial charge in [-0.2, -0.15) is 15.4 Å². The van der Waals surface area contributed by atoms with E-state index < -0.39 is 0 Å². The molecule has 1 aromatic rings. The highest BCUT2D eigenvalue weighted by molar-refractivity contribution is 5.90. The molecule has 0 radical (unpaired) electrons. The van der Waals surface area contributed by atoms with Gasteiger partial charge in [0.05, 0.1) is 12.8 Å². The highest BCUT2D eigenvalue weighted by Crippen LogP contribution is 1.96. The van der Waals surface area contributed by atoms with Crippen molar-refractivity contribution in [3.63, 3.8) is 0 Å². The fourth-order valence-corrected chi connectivity index (χ4v) is 0.718. The molecule has 0 unspecified atom stereocenters. The van der Waals surface area contributed by atoms with Crippen LogP contribution in [0.4, 0.5) is 0 Å². The second-order valence-electron chi connectivity index (χ2n) is 2.08. The molecule has 1 amide bonds. The van der Waals surface area contributed by atoms with Crippen molar-refractivity contribution in [3.8, 4) is 0 Å². The molecular weight excluding hydrogens is 160 g/mol. The van der Waals surface area contributed by atoms with Crippen LogP contribution >= 0.6 is 0 Å². The Hall–Kier alpha value is -1.43. The molecule has 66 valence electrons. The lowest BCUT2D eigenvalue weighted by Gasteiger charge is -2.12. The van der Waals surface area contributed by atoms with Crippen molar-refractivity contribution in [1.82, 2.24) is 20.5 Å². The van der Waals surface area contributed by atoms with Gasteiger partial charge in [0.1, 0.15) is 0 Å². The van der Waals surface area contributed by atoms with E-state index in [-0.39, 0.29) is 11.6 Å². The van der Waals surface area contributed by atoms with Crippen LogP contribution in [0, 0.1) is 0 Å². The number of carbonyl (C=O) groups excluding carboxylic acids is 1. The minimum Gasteiger partial charge on any atom is -0.271 e. The average Bonchev–Trinajstić information content (AvgIpc) is 2.55. The van der Waals surface area contributed by atoms with Crippen molar-refractivity contribution in [2.75, 3.05) is 13.7 Å². The van der Waals surface area contributed by atoms with Gasteiger partial charge in [0.15, 0.2) is 5.69 Å². The Bertz CT molecular complexity index is 246. The van der Waals surface area contributed by atoms with Gasteiger partial charge < -0.3 is 0 Å². The zero-order valence-corrected chi connectivity index (χ0v) is 6.94. The van der Waals surface area contributed by atoms with E-state index in [1.165, 1.54) is 13.2 Å². The first-order valence-electron chi connectivity index (χ1n) is 3.52. The standard InChI is InChI=1S/C6H10N4O2/c1-3-12-10(2)6(11)5-4-7-9-8-5/h4H,3H2,1-2H3,(H,7,8,9). The molecule has 6 nitrogen and oxygen atoms in total. The van der Waals surface area contributed by atoms with Crippen LogP contribution in [0.2, 0.25) is 0 Å². The van der Waals surface area contributed by atoms with Gasteiger partial charge in [0, 0.05) is 7.05 Å². The summed E-state index contributed by atoms with van der Waals surface area (Å²) in [4.78, 5) is 16.2. The van der Waals surface area contributed by atoms with E-state index in [9.17, 15) is 4.79 Å². The van der Waals surface area contributed by atoms with Crippen molar-refractivity contribution < 1.29 is 9.63 Å². The Morgan fingerprint density at radius 3 is 3.08 bits per heavy atom. The van der Waals surface area contributed by atoms with Gasteiger partial charge in [-0.1, -0.05) is 0 Å². The minimum atomic E-state index is -0.314. The molecule has 0 aliphatic carbocycles. The molecule has 12 heavy (non-hydrogen) atoms. The Balaban J connectivity index is 2.59. The number of hydroxylamine groups is 2. The van der Waals surface area contributed by atoms with Crippen LogP contribution < -0.4 is 0 Å². The summed E-state index contributed by atoms with van der Waals surface area (Å²) in [5, 5.41) is 10.6. The van der Waals surface area contributed by atoms with E-state index in [0.29, 0.717) is 6.61 Å². The number of hydrogen-bond acceptors (Lipinski definition) is 4. The normalized spacial score (nSPS) is 9.83. The monoisotopic (exact) mass is 170 g/mol. The summed E-state index contributed by atoms with van der Waals surface area (Å²) < 4.78 is 0. The van der Waals surface area contributed by atoms with Crippen molar-refractivity contribution in [2.24, 2.45) is 0 Å². The van der Waals surface area contributed by atoms with E-state index in [4.69, 9.17) is 4.84 Å². The lowest BCUT2D eigenvalue weighted by atomic mass is 10.4. The Morgan fingerprint density at radius 2 is 2.58 bits per heavy atom. The van der Waals surface area contributed by atoms with Crippen LogP contribution in [0.1, 0.15) is 17.4 Å². The number of nitrogens with zero attached hydrogens (tertiary/aromatic N) is 3. The van der Waals surface area contributed by atoms with E-state index in [2.05, 4.69) is 15.4 Å². The Morgan fingerprint density at radius 1 is 1.83 bits per heavy atom. The average molecular weight is 170 g/mol. The molecule has 0 bridgehead atoms. The lowest BCUT2D eigenvalue weighted by molar-refractivity contribution is -0.100. The van der Waals surface area contributed by atoms with Gasteiger partial charge in [-0.05, 0) is 6.92 Å². The summed E-state index contributed by atoms with van der Waals surface area (Å²) >= 11 is 0. The van der Waals surface area contributed by atoms with E-state index in [1.807, 2.05) is 0 Å². The largest absolute Gasteiger partial charge is 0.299 e. The Kier molecular flexibility index (Phi) is 2.76. The number of aromatic amines is 1. The number of hydrogen-bond donors (Lipinski definition) is 1. The number of H-pyrrole nitrogens is 1. The smallest absolute Gasteiger partial charge is 0.271 e. The molecule has 0 saturated heterocycles. The number of carbonyl (C=O) groups is 1. The van der Waals surface area contributed by atoms with Crippen LogP contribution in [0.5, 0.6) is 0 Å². The summed E-state index contributed by atoms with van der Waals surface area (Å²) in [6.45, 7) is 2.24. The number of amides is 1. The van der Waals surface area contributed by atoms with Crippen LogP contribution in [0.3, 0.4) is 0 Å². The van der Waals surface area contributed by atoms with Crippen LogP contribution in [0.15, 0.2) is 6.20 Å². The van der Waals surface area contributed by atoms with Gasteiger partial charge in [0.2, 0.25) is 0 Å². The molecule has 6 heteroatoms. The fraction of sp³-hybridized carbons (Fsp3) is 0.500. The highest BCUT2D eigenvalue weighted by atomic mass is 16.7. The molecule has 1 heterocycles. The molecule has 1 aromatic heterocycles. The van der Waals surface area contributed by atoms with E-state index in [1.54, 1.807) is 6.92 Å². The molecule has 0 spiro atoms. The maximum absolute atomic E-state index is 11.3. The molecule has 0 aliphatic heterocycles. The molecule has 0 aliphatic rings. The third-order valence-corrected chi connectivity index (χ3v) is 1.24. The predicted octanol–water partition coefficient (Wildman–Crippen LogP) is -0.172. The van der Waals surface area contributed by atoms with Gasteiger partial charge >= 0.3 is 0 Å². The molecule has 0 saturated carbocycles. The van der Waals surface area contributed by atoms with Crippen LogP contribution in [-0.2, 0) is 4.84 Å². The zero-order chi connectivity index (χ0) is 8.97. The Labute approximate surface area is 69.5 Å². The van der Waals surface area contributed by atoms with E-state index >= 15 is 0 Å². The van der Waals surface area contributed by atoms with Crippen molar-refractivity contribution >= 4 is 5.91 Å². The fourth-order valence-electron chi connectivity index (χ4n) is 0.718. The summed E-state index contributed by atoms with van der Waals surface area (Å²) in [7, 11) is 1.53. The molecule has 0 aromatic carbocycles. The quantitative estimate of drug-likeness (QED) is 0.639. The molecule has 1 rings (SSSR count). The third-order valence-electron chi connectivity index (χ3n) is 1.24. The highest BCUT2D eigenvalue weighted by Gasteiger charge is 2.13. The summed E-state index contributed by atoms with van der Waals surface area (Å²) in [6, 6.07) is 0. The molecular formula is C6H10N4O2. The van der Waals surface area contributed by atoms with Crippen LogP contribution in [0.25, 0.3) is 0 Å². The van der Waals surface area contributed by atoms with Gasteiger partial charge in [-0.3, -0.25) is 9.63 Å². The molecule has 0 fully saturated rings. The number of aromatic nitrogens is 3. The second kappa shape index (κ2) is 3.82. The third kappa shape index (κ3) is 1.79. The zero-order valence-electron chi connectivity index (χ0n) is 6.94.